The SMILES string of the molecule is CCOC(=O)C1=C(C)OC(N)=C(C#N)C1c1cc(Cl)ccc1OCc1cc(F)cc(F)c1. The van der Waals surface area contributed by atoms with Crippen LogP contribution in [-0.2, 0) is 20.9 Å². The highest BCUT2D eigenvalue weighted by atomic mass is 35.5. The molecule has 3 rings (SSSR count). The molecule has 0 saturated heterocycles. The van der Waals surface area contributed by atoms with Crippen LogP contribution in [0.15, 0.2) is 59.2 Å². The molecular formula is C23H19ClF2N2O4. The van der Waals surface area contributed by atoms with Crippen LogP contribution >= 0.6 is 11.6 Å². The van der Waals surface area contributed by atoms with Crippen LogP contribution in [0.4, 0.5) is 8.78 Å². The summed E-state index contributed by atoms with van der Waals surface area (Å²) in [5.74, 6) is -2.91. The van der Waals surface area contributed by atoms with Crippen LogP contribution in [-0.4, -0.2) is 12.6 Å². The van der Waals surface area contributed by atoms with Gasteiger partial charge < -0.3 is 19.9 Å². The molecule has 9 heteroatoms. The third-order valence-corrected chi connectivity index (χ3v) is 4.94. The molecule has 166 valence electrons. The average Bonchev–Trinajstić information content (AvgIpc) is 2.71. The largest absolute Gasteiger partial charge is 0.489 e. The Labute approximate surface area is 188 Å². The summed E-state index contributed by atoms with van der Waals surface area (Å²) >= 11 is 6.20. The smallest absolute Gasteiger partial charge is 0.338 e. The van der Waals surface area contributed by atoms with E-state index in [1.165, 1.54) is 19.1 Å². The summed E-state index contributed by atoms with van der Waals surface area (Å²) in [6.07, 6.45) is 0. The summed E-state index contributed by atoms with van der Waals surface area (Å²) in [5.41, 5.74) is 6.57. The summed E-state index contributed by atoms with van der Waals surface area (Å²) < 4.78 is 43.4. The van der Waals surface area contributed by atoms with Gasteiger partial charge in [-0.05, 0) is 49.7 Å². The number of nitrogens with zero attached hydrogens (tertiary/aromatic N) is 1. The minimum atomic E-state index is -0.981. The van der Waals surface area contributed by atoms with E-state index >= 15 is 0 Å². The Kier molecular flexibility index (Phi) is 7.01. The summed E-state index contributed by atoms with van der Waals surface area (Å²) in [6.45, 7) is 3.10. The number of hydrogen-bond acceptors (Lipinski definition) is 6. The van der Waals surface area contributed by atoms with Crippen LogP contribution in [0.2, 0.25) is 5.02 Å². The molecular weight excluding hydrogens is 442 g/mol. The number of carbonyl (C=O) groups excluding carboxylic acids is 1. The molecule has 2 aromatic rings. The van der Waals surface area contributed by atoms with Gasteiger partial charge in [-0.15, -0.1) is 0 Å². The van der Waals surface area contributed by atoms with Crippen LogP contribution in [0.5, 0.6) is 5.75 Å². The van der Waals surface area contributed by atoms with Gasteiger partial charge in [-0.25, -0.2) is 13.6 Å². The van der Waals surface area contributed by atoms with Crippen molar-refractivity contribution in [3.05, 3.63) is 87.0 Å². The third kappa shape index (κ3) is 4.84. The van der Waals surface area contributed by atoms with Crippen molar-refractivity contribution >= 4 is 17.6 Å². The zero-order chi connectivity index (χ0) is 23.4. The molecule has 0 radical (unpaired) electrons. The fraction of sp³-hybridized carbons (Fsp3) is 0.217. The zero-order valence-electron chi connectivity index (χ0n) is 17.2. The summed E-state index contributed by atoms with van der Waals surface area (Å²) in [4.78, 5) is 12.7. The number of carbonyl (C=O) groups is 1. The molecule has 6 nitrogen and oxygen atoms in total. The quantitative estimate of drug-likeness (QED) is 0.620. The summed E-state index contributed by atoms with van der Waals surface area (Å²) in [7, 11) is 0. The van der Waals surface area contributed by atoms with Crippen LogP contribution < -0.4 is 10.5 Å². The number of rotatable bonds is 6. The second kappa shape index (κ2) is 9.71. The van der Waals surface area contributed by atoms with E-state index in [9.17, 15) is 18.8 Å². The second-order valence-electron chi connectivity index (χ2n) is 6.86. The standard InChI is InChI=1S/C23H19ClF2N2O4/c1-3-30-23(29)20-12(2)32-22(28)18(10-27)21(20)17-8-14(24)4-5-19(17)31-11-13-6-15(25)9-16(26)7-13/h4-9,21H,3,11,28H2,1-2H3. The first-order valence-electron chi connectivity index (χ1n) is 9.57. The van der Waals surface area contributed by atoms with E-state index in [1.54, 1.807) is 13.0 Å². The highest BCUT2D eigenvalue weighted by Gasteiger charge is 2.38. The Bertz CT molecular complexity index is 1150. The fourth-order valence-corrected chi connectivity index (χ4v) is 3.58. The normalized spacial score (nSPS) is 15.8. The first-order chi connectivity index (χ1) is 15.2. The van der Waals surface area contributed by atoms with E-state index in [-0.39, 0.29) is 47.3 Å². The highest BCUT2D eigenvalue weighted by molar-refractivity contribution is 6.30. The predicted molar refractivity (Wildman–Crippen MR) is 112 cm³/mol. The molecule has 0 saturated carbocycles. The van der Waals surface area contributed by atoms with Gasteiger partial charge in [-0.2, -0.15) is 5.26 Å². The van der Waals surface area contributed by atoms with E-state index in [2.05, 4.69) is 0 Å². The van der Waals surface area contributed by atoms with Gasteiger partial charge in [0.15, 0.2) is 0 Å². The molecule has 1 atom stereocenters. The maximum atomic E-state index is 13.5. The Morgan fingerprint density at radius 1 is 1.25 bits per heavy atom. The predicted octanol–water partition coefficient (Wildman–Crippen LogP) is 4.84. The molecule has 0 spiro atoms. The summed E-state index contributed by atoms with van der Waals surface area (Å²) in [6, 6.07) is 9.61. The van der Waals surface area contributed by atoms with Crippen LogP contribution in [0.1, 0.15) is 30.9 Å². The molecule has 0 amide bonds. The molecule has 0 aromatic heterocycles. The van der Waals surface area contributed by atoms with Gasteiger partial charge in [0.2, 0.25) is 5.88 Å². The number of allylic oxidation sites excluding steroid dienone is 2. The number of ether oxygens (including phenoxy) is 3. The molecule has 2 aromatic carbocycles. The lowest BCUT2D eigenvalue weighted by atomic mass is 9.82. The van der Waals surface area contributed by atoms with Crippen molar-refractivity contribution in [1.29, 1.82) is 5.26 Å². The number of esters is 1. The van der Waals surface area contributed by atoms with E-state index in [1.807, 2.05) is 6.07 Å². The lowest BCUT2D eigenvalue weighted by Crippen LogP contribution is -2.26. The van der Waals surface area contributed by atoms with Crippen molar-refractivity contribution in [3.63, 3.8) is 0 Å². The maximum absolute atomic E-state index is 13.5. The Balaban J connectivity index is 2.09. The van der Waals surface area contributed by atoms with Gasteiger partial charge in [0.1, 0.15) is 41.4 Å². The van der Waals surface area contributed by atoms with E-state index in [0.29, 0.717) is 10.6 Å². The van der Waals surface area contributed by atoms with Crippen molar-refractivity contribution in [3.8, 4) is 11.8 Å². The molecule has 0 aliphatic carbocycles. The zero-order valence-corrected chi connectivity index (χ0v) is 18.0. The Hall–Kier alpha value is -3.57. The minimum Gasteiger partial charge on any atom is -0.489 e. The number of hydrogen-bond donors (Lipinski definition) is 1. The van der Waals surface area contributed by atoms with Crippen molar-refractivity contribution in [1.82, 2.24) is 0 Å². The second-order valence-corrected chi connectivity index (χ2v) is 7.30. The van der Waals surface area contributed by atoms with Gasteiger partial charge >= 0.3 is 5.97 Å². The van der Waals surface area contributed by atoms with Gasteiger partial charge in [0, 0.05) is 16.7 Å². The molecule has 1 aliphatic rings. The maximum Gasteiger partial charge on any atom is 0.338 e. The van der Waals surface area contributed by atoms with Crippen LogP contribution in [0, 0.1) is 23.0 Å². The van der Waals surface area contributed by atoms with Crippen molar-refractivity contribution in [2.75, 3.05) is 6.61 Å². The van der Waals surface area contributed by atoms with Gasteiger partial charge in [-0.1, -0.05) is 11.6 Å². The first kappa shape index (κ1) is 23.1. The first-order valence-corrected chi connectivity index (χ1v) is 9.95. The topological polar surface area (TPSA) is 94.6 Å². The van der Waals surface area contributed by atoms with Crippen LogP contribution in [0.25, 0.3) is 0 Å². The molecule has 1 aliphatic heterocycles. The van der Waals surface area contributed by atoms with Crippen LogP contribution in [0.3, 0.4) is 0 Å². The number of nitriles is 1. The lowest BCUT2D eigenvalue weighted by Gasteiger charge is -2.28. The number of benzene rings is 2. The van der Waals surface area contributed by atoms with Crippen molar-refractivity contribution in [2.24, 2.45) is 5.73 Å². The molecule has 2 N–H and O–H groups in total. The molecule has 1 unspecified atom stereocenters. The molecule has 32 heavy (non-hydrogen) atoms. The number of nitrogens with two attached hydrogens (primary N) is 1. The number of halogens is 3. The lowest BCUT2D eigenvalue weighted by molar-refractivity contribution is -0.139. The van der Waals surface area contributed by atoms with Crippen molar-refractivity contribution in [2.45, 2.75) is 26.4 Å². The van der Waals surface area contributed by atoms with E-state index < -0.39 is 23.5 Å². The highest BCUT2D eigenvalue weighted by Crippen LogP contribution is 2.44. The Morgan fingerprint density at radius 3 is 2.56 bits per heavy atom. The van der Waals surface area contributed by atoms with E-state index in [0.717, 1.165) is 18.2 Å². The molecule has 0 fully saturated rings. The molecule has 1 heterocycles. The third-order valence-electron chi connectivity index (χ3n) is 4.70. The summed E-state index contributed by atoms with van der Waals surface area (Å²) in [5, 5.41) is 10.1. The van der Waals surface area contributed by atoms with Crippen molar-refractivity contribution < 1.29 is 27.8 Å². The van der Waals surface area contributed by atoms with Gasteiger partial charge in [0.25, 0.3) is 0 Å². The van der Waals surface area contributed by atoms with Gasteiger partial charge in [-0.3, -0.25) is 0 Å². The van der Waals surface area contributed by atoms with E-state index in [4.69, 9.17) is 31.5 Å². The fourth-order valence-electron chi connectivity index (χ4n) is 3.40. The Morgan fingerprint density at radius 2 is 1.94 bits per heavy atom. The monoisotopic (exact) mass is 460 g/mol. The van der Waals surface area contributed by atoms with Gasteiger partial charge in [0.05, 0.1) is 18.1 Å². The molecule has 0 bridgehead atoms. The average molecular weight is 461 g/mol. The minimum absolute atomic E-state index is 0.0254.